The standard InChI is InChI=1S/C16H32N4O/c1-2-19-11-13-20(14-12-19)10-6-9-17-16(21)18-15-7-4-3-5-8-15/h15H,2-14H2,1H3,(H2,17,18,21). The van der Waals surface area contributed by atoms with E-state index in [9.17, 15) is 4.79 Å². The molecule has 2 aliphatic rings. The fraction of sp³-hybridized carbons (Fsp3) is 0.938. The normalized spacial score (nSPS) is 22.1. The van der Waals surface area contributed by atoms with Crippen LogP contribution in [0.3, 0.4) is 0 Å². The van der Waals surface area contributed by atoms with E-state index < -0.39 is 0 Å². The summed E-state index contributed by atoms with van der Waals surface area (Å²) >= 11 is 0. The number of likely N-dealkylation sites (N-methyl/N-ethyl adjacent to an activating group) is 1. The van der Waals surface area contributed by atoms with Crippen molar-refractivity contribution in [1.82, 2.24) is 20.4 Å². The summed E-state index contributed by atoms with van der Waals surface area (Å²) in [7, 11) is 0. The molecule has 0 radical (unpaired) electrons. The number of piperazine rings is 1. The van der Waals surface area contributed by atoms with E-state index in [2.05, 4.69) is 27.4 Å². The number of amides is 2. The lowest BCUT2D eigenvalue weighted by Crippen LogP contribution is -2.47. The third-order valence-corrected chi connectivity index (χ3v) is 4.79. The molecule has 0 unspecified atom stereocenters. The van der Waals surface area contributed by atoms with Crippen LogP contribution < -0.4 is 10.6 Å². The van der Waals surface area contributed by atoms with Crippen LogP contribution in [0.15, 0.2) is 0 Å². The van der Waals surface area contributed by atoms with E-state index in [-0.39, 0.29) is 6.03 Å². The molecule has 0 aromatic heterocycles. The van der Waals surface area contributed by atoms with Gasteiger partial charge in [-0.3, -0.25) is 0 Å². The first kappa shape index (κ1) is 16.6. The largest absolute Gasteiger partial charge is 0.338 e. The highest BCUT2D eigenvalue weighted by molar-refractivity contribution is 5.74. The molecule has 0 spiro atoms. The van der Waals surface area contributed by atoms with Crippen molar-refractivity contribution in [3.05, 3.63) is 0 Å². The van der Waals surface area contributed by atoms with Gasteiger partial charge in [-0.1, -0.05) is 26.2 Å². The maximum atomic E-state index is 11.8. The minimum Gasteiger partial charge on any atom is -0.338 e. The first-order chi connectivity index (χ1) is 10.3. The van der Waals surface area contributed by atoms with E-state index in [0.29, 0.717) is 6.04 Å². The van der Waals surface area contributed by atoms with E-state index >= 15 is 0 Å². The molecular weight excluding hydrogens is 264 g/mol. The number of urea groups is 1. The third kappa shape index (κ3) is 6.22. The van der Waals surface area contributed by atoms with Gasteiger partial charge < -0.3 is 20.4 Å². The Labute approximate surface area is 129 Å². The summed E-state index contributed by atoms with van der Waals surface area (Å²) in [6.07, 6.45) is 7.18. The van der Waals surface area contributed by atoms with Crippen LogP contribution >= 0.6 is 0 Å². The van der Waals surface area contributed by atoms with Gasteiger partial charge in [0.15, 0.2) is 0 Å². The number of nitrogens with one attached hydrogen (secondary N) is 2. The Hall–Kier alpha value is -0.810. The smallest absolute Gasteiger partial charge is 0.315 e. The number of hydrogen-bond donors (Lipinski definition) is 2. The zero-order valence-electron chi connectivity index (χ0n) is 13.6. The topological polar surface area (TPSA) is 47.6 Å². The summed E-state index contributed by atoms with van der Waals surface area (Å²) in [5.74, 6) is 0. The van der Waals surface area contributed by atoms with Crippen molar-refractivity contribution >= 4 is 6.03 Å². The average Bonchev–Trinajstić information content (AvgIpc) is 2.53. The molecule has 5 heteroatoms. The summed E-state index contributed by atoms with van der Waals surface area (Å²) < 4.78 is 0. The second kappa shape index (κ2) is 9.26. The number of hydrogen-bond acceptors (Lipinski definition) is 3. The van der Waals surface area contributed by atoms with Crippen molar-refractivity contribution in [1.29, 1.82) is 0 Å². The second-order valence-corrected chi connectivity index (χ2v) is 6.36. The second-order valence-electron chi connectivity index (χ2n) is 6.36. The summed E-state index contributed by atoms with van der Waals surface area (Å²) in [5, 5.41) is 6.10. The number of rotatable bonds is 6. The van der Waals surface area contributed by atoms with Crippen LogP contribution in [0.2, 0.25) is 0 Å². The van der Waals surface area contributed by atoms with Crippen LogP contribution in [0.5, 0.6) is 0 Å². The quantitative estimate of drug-likeness (QED) is 0.733. The fourth-order valence-electron chi connectivity index (χ4n) is 3.32. The Kier molecular flexibility index (Phi) is 7.30. The van der Waals surface area contributed by atoms with Crippen LogP contribution in [-0.4, -0.2) is 67.7 Å². The lowest BCUT2D eigenvalue weighted by molar-refractivity contribution is 0.136. The van der Waals surface area contributed by atoms with Gasteiger partial charge in [-0.05, 0) is 32.4 Å². The monoisotopic (exact) mass is 296 g/mol. The first-order valence-electron chi connectivity index (χ1n) is 8.77. The van der Waals surface area contributed by atoms with Crippen LogP contribution in [0.25, 0.3) is 0 Å². The van der Waals surface area contributed by atoms with Gasteiger partial charge in [0.25, 0.3) is 0 Å². The Balaban J connectivity index is 1.48. The van der Waals surface area contributed by atoms with Gasteiger partial charge in [-0.15, -0.1) is 0 Å². The molecule has 2 N–H and O–H groups in total. The summed E-state index contributed by atoms with van der Waals surface area (Å²) in [4.78, 5) is 16.8. The lowest BCUT2D eigenvalue weighted by Gasteiger charge is -2.34. The molecule has 1 saturated carbocycles. The van der Waals surface area contributed by atoms with E-state index in [1.165, 1.54) is 45.4 Å². The van der Waals surface area contributed by atoms with Crippen LogP contribution in [0.4, 0.5) is 4.79 Å². The number of nitrogens with zero attached hydrogens (tertiary/aromatic N) is 2. The SMILES string of the molecule is CCN1CCN(CCCNC(=O)NC2CCCCC2)CC1. The fourth-order valence-corrected chi connectivity index (χ4v) is 3.32. The molecule has 0 aromatic rings. The van der Waals surface area contributed by atoms with E-state index in [0.717, 1.165) is 38.9 Å². The first-order valence-corrected chi connectivity index (χ1v) is 8.77. The van der Waals surface area contributed by atoms with Crippen molar-refractivity contribution in [3.8, 4) is 0 Å². The minimum atomic E-state index is 0.0257. The van der Waals surface area contributed by atoms with E-state index in [1.807, 2.05) is 0 Å². The van der Waals surface area contributed by atoms with Crippen LogP contribution in [-0.2, 0) is 0 Å². The van der Waals surface area contributed by atoms with Crippen LogP contribution in [0.1, 0.15) is 45.4 Å². The summed E-state index contributed by atoms with van der Waals surface area (Å²) in [6.45, 7) is 9.98. The Bertz CT molecular complexity index is 297. The Morgan fingerprint density at radius 2 is 1.71 bits per heavy atom. The molecule has 122 valence electrons. The molecule has 0 atom stereocenters. The molecule has 0 bridgehead atoms. The average molecular weight is 296 g/mol. The molecule has 0 aromatic carbocycles. The van der Waals surface area contributed by atoms with Crippen LogP contribution in [0, 0.1) is 0 Å². The van der Waals surface area contributed by atoms with Gasteiger partial charge in [0.05, 0.1) is 0 Å². The summed E-state index contributed by atoms with van der Waals surface area (Å²) in [5.41, 5.74) is 0. The molecular formula is C16H32N4O. The highest BCUT2D eigenvalue weighted by Gasteiger charge is 2.16. The van der Waals surface area contributed by atoms with Crippen molar-refractivity contribution in [2.75, 3.05) is 45.8 Å². The van der Waals surface area contributed by atoms with Gasteiger partial charge in [0.2, 0.25) is 0 Å². The molecule has 2 rings (SSSR count). The van der Waals surface area contributed by atoms with Gasteiger partial charge in [0.1, 0.15) is 0 Å². The molecule has 5 nitrogen and oxygen atoms in total. The lowest BCUT2D eigenvalue weighted by atomic mass is 9.96. The van der Waals surface area contributed by atoms with Gasteiger partial charge in [-0.2, -0.15) is 0 Å². The highest BCUT2D eigenvalue weighted by atomic mass is 16.2. The van der Waals surface area contributed by atoms with Crippen molar-refractivity contribution in [2.24, 2.45) is 0 Å². The number of carbonyl (C=O) groups excluding carboxylic acids is 1. The van der Waals surface area contributed by atoms with Gasteiger partial charge in [-0.25, -0.2) is 4.79 Å². The maximum Gasteiger partial charge on any atom is 0.315 e. The van der Waals surface area contributed by atoms with Gasteiger partial charge in [0, 0.05) is 38.8 Å². The molecule has 1 saturated heterocycles. The predicted octanol–water partition coefficient (Wildman–Crippen LogP) is 1.65. The molecule has 2 fully saturated rings. The zero-order valence-corrected chi connectivity index (χ0v) is 13.6. The molecule has 1 aliphatic heterocycles. The summed E-state index contributed by atoms with van der Waals surface area (Å²) in [6, 6.07) is 0.429. The van der Waals surface area contributed by atoms with Crippen molar-refractivity contribution < 1.29 is 4.79 Å². The third-order valence-electron chi connectivity index (χ3n) is 4.79. The number of carbonyl (C=O) groups is 1. The van der Waals surface area contributed by atoms with E-state index in [1.54, 1.807) is 0 Å². The Morgan fingerprint density at radius 3 is 2.38 bits per heavy atom. The van der Waals surface area contributed by atoms with Gasteiger partial charge >= 0.3 is 6.03 Å². The predicted molar refractivity (Wildman–Crippen MR) is 86.6 cm³/mol. The maximum absolute atomic E-state index is 11.8. The highest BCUT2D eigenvalue weighted by Crippen LogP contribution is 2.17. The van der Waals surface area contributed by atoms with Crippen molar-refractivity contribution in [2.45, 2.75) is 51.5 Å². The Morgan fingerprint density at radius 1 is 1.05 bits per heavy atom. The molecule has 1 heterocycles. The molecule has 2 amide bonds. The zero-order chi connectivity index (χ0) is 14.9. The molecule has 21 heavy (non-hydrogen) atoms. The minimum absolute atomic E-state index is 0.0257. The molecule has 1 aliphatic carbocycles. The van der Waals surface area contributed by atoms with E-state index in [4.69, 9.17) is 0 Å². The van der Waals surface area contributed by atoms with Crippen molar-refractivity contribution in [3.63, 3.8) is 0 Å².